The van der Waals surface area contributed by atoms with Crippen LogP contribution in [0.2, 0.25) is 0 Å². The maximum Gasteiger partial charge on any atom is 0.523 e. The molecule has 0 saturated heterocycles. The molecule has 4 rings (SSSR count). The summed E-state index contributed by atoms with van der Waals surface area (Å²) in [6.07, 6.45) is -6.20. The predicted molar refractivity (Wildman–Crippen MR) is 126 cm³/mol. The maximum absolute atomic E-state index is 15.4. The fraction of sp³-hybridized carbons (Fsp3) is 0. The number of hydrogen-bond donors (Lipinski definition) is 0. The summed E-state index contributed by atoms with van der Waals surface area (Å²) in [5.74, 6) is -48.7. The first-order valence-corrected chi connectivity index (χ1v) is 11.7. The van der Waals surface area contributed by atoms with Crippen LogP contribution in [0.4, 0.5) is 65.9 Å². The first-order valence-electron chi connectivity index (χ1n) is 11.7. The summed E-state index contributed by atoms with van der Waals surface area (Å²) in [5, 5.41) is 0. The van der Waals surface area contributed by atoms with Crippen LogP contribution in [0.1, 0.15) is 5.56 Å². The average Bonchev–Trinajstić information content (AvgIpc) is 3.03. The van der Waals surface area contributed by atoms with Crippen molar-refractivity contribution in [1.82, 2.24) is 0 Å². The van der Waals surface area contributed by atoms with Gasteiger partial charge in [-0.1, -0.05) is 18.2 Å². The van der Waals surface area contributed by atoms with E-state index in [4.69, 9.17) is 0 Å². The van der Waals surface area contributed by atoms with Gasteiger partial charge in [0.1, 0.15) is 46.6 Å². The zero-order valence-corrected chi connectivity index (χ0v) is 21.1. The molecule has 0 aromatic heterocycles. The first kappa shape index (κ1) is 33.0. The Morgan fingerprint density at radius 2 is 0.711 bits per heavy atom. The van der Waals surface area contributed by atoms with Crippen LogP contribution in [-0.4, -0.2) is 16.9 Å². The van der Waals surface area contributed by atoms with Gasteiger partial charge in [-0.15, -0.1) is 16.4 Å². The van der Waals surface area contributed by atoms with E-state index in [2.05, 4.69) is 4.74 Å². The Kier molecular flexibility index (Phi) is 8.72. The molecule has 0 aliphatic rings. The van der Waals surface area contributed by atoms with Crippen molar-refractivity contribution in [2.24, 2.45) is 0 Å². The molecule has 4 aromatic carbocycles. The molecule has 0 fully saturated rings. The Hall–Kier alpha value is -4.90. The molecule has 0 bridgehead atoms. The van der Waals surface area contributed by atoms with Crippen LogP contribution in [0.15, 0.2) is 42.6 Å². The van der Waals surface area contributed by atoms with Gasteiger partial charge in [0.2, 0.25) is 0 Å². The van der Waals surface area contributed by atoms with E-state index >= 15 is 26.3 Å². The fourth-order valence-corrected chi connectivity index (χ4v) is 4.66. The number of hydrogen-bond acceptors (Lipinski definition) is 1. The second kappa shape index (κ2) is 11.9. The molecule has 18 heteroatoms. The normalized spacial score (nSPS) is 11.9. The van der Waals surface area contributed by atoms with Crippen molar-refractivity contribution in [2.45, 2.75) is 0 Å². The Balaban J connectivity index is 2.34. The van der Waals surface area contributed by atoms with Crippen LogP contribution in [0.25, 0.3) is 0 Å². The molecule has 0 saturated carbocycles. The third-order valence-corrected chi connectivity index (χ3v) is 6.66. The molecule has 2 nitrogen and oxygen atoms in total. The van der Waals surface area contributed by atoms with E-state index < -0.39 is 122 Å². The number of carbonyl (C=O) groups excluding carboxylic acids is 1. The van der Waals surface area contributed by atoms with E-state index in [0.29, 0.717) is 0 Å². The summed E-state index contributed by atoms with van der Waals surface area (Å²) in [4.78, 5) is 10.1. The Morgan fingerprint density at radius 3 is 1.00 bits per heavy atom. The standard InChI is InChI=1S/C27H7BF15O2/c29-12-9(13(30)19(36)24(41)18(12)35)28(6-7-45-27(44)8-4-2-1-3-5-8,10-14(31)20(37)25(42)21(38)15(10)32)11-16(33)22(39)26(43)23(40)17(11)34/h1-7H/q-1/p+1/b7-6+. The van der Waals surface area contributed by atoms with Crippen LogP contribution >= 0.6 is 0 Å². The number of esters is 1. The van der Waals surface area contributed by atoms with Gasteiger partial charge in [-0.05, 0) is 12.1 Å². The number of rotatable bonds is 6. The lowest BCUT2D eigenvalue weighted by Crippen LogP contribution is -2.72. The highest BCUT2D eigenvalue weighted by Gasteiger charge is 2.47. The zero-order chi connectivity index (χ0) is 33.7. The summed E-state index contributed by atoms with van der Waals surface area (Å²) in [7, 11) is 0. The highest BCUT2D eigenvalue weighted by molar-refractivity contribution is 7.15. The molecule has 0 unspecified atom stereocenters. The summed E-state index contributed by atoms with van der Waals surface area (Å²) < 4.78 is 225. The lowest BCUT2D eigenvalue weighted by molar-refractivity contribution is 0.379. The lowest BCUT2D eigenvalue weighted by atomic mass is 9.15. The number of benzene rings is 4. The Bertz CT molecular complexity index is 1660. The van der Waals surface area contributed by atoms with E-state index in [-0.39, 0.29) is 11.8 Å². The molecule has 0 aliphatic carbocycles. The van der Waals surface area contributed by atoms with Crippen LogP contribution in [0, 0.1) is 87.3 Å². The second-order valence-corrected chi connectivity index (χ2v) is 9.00. The van der Waals surface area contributed by atoms with Gasteiger partial charge in [-0.25, -0.2) is 65.9 Å². The molecule has 0 aliphatic heterocycles. The van der Waals surface area contributed by atoms with Crippen molar-refractivity contribution < 1.29 is 75.4 Å². The highest BCUT2D eigenvalue weighted by Crippen LogP contribution is 2.28. The Morgan fingerprint density at radius 1 is 0.444 bits per heavy atom. The van der Waals surface area contributed by atoms with Crippen LogP contribution in [0.5, 0.6) is 0 Å². The monoisotopic (exact) mass is 660 g/mol. The van der Waals surface area contributed by atoms with Gasteiger partial charge in [0.25, 0.3) is 0 Å². The van der Waals surface area contributed by atoms with E-state index in [1.54, 1.807) is 0 Å². The molecule has 0 spiro atoms. The molecule has 1 N–H and O–H groups in total. The van der Waals surface area contributed by atoms with E-state index in [0.717, 1.165) is 12.1 Å². The largest absolute Gasteiger partial charge is 0.523 e. The van der Waals surface area contributed by atoms with Gasteiger partial charge < -0.3 is 4.79 Å². The minimum Gasteiger partial charge on any atom is -0.335 e. The van der Waals surface area contributed by atoms with Gasteiger partial charge >= 0.3 is 5.97 Å². The Labute approximate surface area is 239 Å². The van der Waals surface area contributed by atoms with Gasteiger partial charge in [0.05, 0.1) is 0 Å². The maximum atomic E-state index is 15.4. The van der Waals surface area contributed by atoms with E-state index in [1.807, 2.05) is 0 Å². The van der Waals surface area contributed by atoms with Crippen LogP contribution in [0.3, 0.4) is 0 Å². The fourth-order valence-electron chi connectivity index (χ4n) is 4.66. The molecule has 236 valence electrons. The third-order valence-electron chi connectivity index (χ3n) is 6.66. The molecule has 0 radical (unpaired) electrons. The highest BCUT2D eigenvalue weighted by atomic mass is 19.2. The minimum atomic E-state index is -5.95. The molecular formula is C27H8BF15O2. The molecule has 0 heterocycles. The zero-order valence-electron chi connectivity index (χ0n) is 21.1. The van der Waals surface area contributed by atoms with Crippen molar-refractivity contribution in [3.8, 4) is 0 Å². The number of halogens is 15. The molecule has 45 heavy (non-hydrogen) atoms. The van der Waals surface area contributed by atoms with Crippen molar-refractivity contribution >= 4 is 28.5 Å². The van der Waals surface area contributed by atoms with E-state index in [1.165, 1.54) is 18.2 Å². The minimum absolute atomic E-state index is 0.253. The SMILES string of the molecule is [OH+]=C(O/C=C/[B-](c1c(F)c(F)c(F)c(F)c1F)(c1c(F)c(F)c(F)c(F)c1F)c1c(F)c(F)c(F)c(F)c1F)c1ccccc1. The van der Waals surface area contributed by atoms with Crippen molar-refractivity contribution in [2.75, 3.05) is 0 Å². The van der Waals surface area contributed by atoms with Crippen molar-refractivity contribution in [3.05, 3.63) is 135 Å². The summed E-state index contributed by atoms with van der Waals surface area (Å²) in [6.45, 7) is 0. The van der Waals surface area contributed by atoms with Crippen molar-refractivity contribution in [1.29, 1.82) is 0 Å². The lowest BCUT2D eigenvalue weighted by Gasteiger charge is -2.40. The summed E-state index contributed by atoms with van der Waals surface area (Å²) >= 11 is 0. The molecule has 4 aromatic rings. The van der Waals surface area contributed by atoms with E-state index in [9.17, 15) is 44.3 Å². The van der Waals surface area contributed by atoms with Gasteiger partial charge in [0.15, 0.2) is 58.6 Å². The smallest absolute Gasteiger partial charge is 0.335 e. The quantitative estimate of drug-likeness (QED) is 0.0485. The topological polar surface area (TPSA) is 30.6 Å². The predicted octanol–water partition coefficient (Wildman–Crippen LogP) is 5.86. The summed E-state index contributed by atoms with van der Waals surface area (Å²) in [5.41, 5.74) is -8.81. The first-order chi connectivity index (χ1) is 21.0. The second-order valence-electron chi connectivity index (χ2n) is 9.00. The average molecular weight is 660 g/mol. The molecule has 0 atom stereocenters. The van der Waals surface area contributed by atoms with Crippen LogP contribution < -0.4 is 16.4 Å². The number of ether oxygens (including phenoxy) is 1. The van der Waals surface area contributed by atoms with Crippen LogP contribution in [-0.2, 0) is 4.74 Å². The van der Waals surface area contributed by atoms with Gasteiger partial charge in [-0.2, -0.15) is 5.98 Å². The molecule has 0 amide bonds. The van der Waals surface area contributed by atoms with Gasteiger partial charge in [0, 0.05) is 0 Å². The third kappa shape index (κ3) is 4.97. The summed E-state index contributed by atoms with van der Waals surface area (Å²) in [6, 6.07) is 6.06. The van der Waals surface area contributed by atoms with Crippen molar-refractivity contribution in [3.63, 3.8) is 0 Å². The van der Waals surface area contributed by atoms with Gasteiger partial charge in [-0.3, -0.25) is 4.74 Å². The molecular weight excluding hydrogens is 652 g/mol.